The largest absolute Gasteiger partial charge is 0.496 e. The molecule has 2 aromatic carbocycles. The lowest BCUT2D eigenvalue weighted by Crippen LogP contribution is -2.19. The van der Waals surface area contributed by atoms with Crippen LogP contribution in [0.3, 0.4) is 0 Å². The molecule has 1 amide bonds. The minimum atomic E-state index is -0.154. The zero-order chi connectivity index (χ0) is 17.4. The fourth-order valence-corrected chi connectivity index (χ4v) is 3.14. The summed E-state index contributed by atoms with van der Waals surface area (Å²) >= 11 is 10.7. The van der Waals surface area contributed by atoms with Crippen LogP contribution >= 0.6 is 39.3 Å². The number of carbonyl (C=O) groups is 1. The summed E-state index contributed by atoms with van der Waals surface area (Å²) in [4.78, 5) is 11.8. The van der Waals surface area contributed by atoms with E-state index in [9.17, 15) is 4.79 Å². The third kappa shape index (κ3) is 6.19. The molecule has 0 unspecified atom stereocenters. The number of hydrogen-bond donors (Lipinski definition) is 1. The van der Waals surface area contributed by atoms with Crippen molar-refractivity contribution in [3.63, 3.8) is 0 Å². The number of benzene rings is 2. The molecule has 2 aromatic rings. The van der Waals surface area contributed by atoms with Gasteiger partial charge in [0.05, 0.1) is 19.1 Å². The number of nitrogens with one attached hydrogen (secondary N) is 1. The topological polar surface area (TPSA) is 50.7 Å². The number of amides is 1. The van der Waals surface area contributed by atoms with E-state index in [-0.39, 0.29) is 5.91 Å². The van der Waals surface area contributed by atoms with Crippen LogP contribution in [0.2, 0.25) is 5.02 Å². The first-order valence-electron chi connectivity index (χ1n) is 7.06. The van der Waals surface area contributed by atoms with Crippen LogP contribution in [-0.4, -0.2) is 25.0 Å². The van der Waals surface area contributed by atoms with Crippen molar-refractivity contribution in [1.29, 1.82) is 0 Å². The van der Waals surface area contributed by atoms with E-state index in [2.05, 4.69) is 26.5 Å². The van der Waals surface area contributed by atoms with Crippen molar-refractivity contribution in [2.24, 2.45) is 5.10 Å². The molecule has 4 nitrogen and oxygen atoms in total. The summed E-state index contributed by atoms with van der Waals surface area (Å²) in [5, 5.41) is 4.68. The Morgan fingerprint density at radius 2 is 2.08 bits per heavy atom. The molecule has 0 aliphatic heterocycles. The smallest absolute Gasteiger partial charge is 0.250 e. The minimum Gasteiger partial charge on any atom is -0.496 e. The predicted molar refractivity (Wildman–Crippen MR) is 104 cm³/mol. The molecule has 0 saturated heterocycles. The molecule has 0 bridgehead atoms. The second-order valence-corrected chi connectivity index (χ2v) is 7.14. The summed E-state index contributed by atoms with van der Waals surface area (Å²) in [6.07, 6.45) is 1.56. The first-order valence-corrected chi connectivity index (χ1v) is 9.38. The van der Waals surface area contributed by atoms with Gasteiger partial charge < -0.3 is 4.74 Å². The Kier molecular flexibility index (Phi) is 7.62. The average Bonchev–Trinajstić information content (AvgIpc) is 2.57. The fraction of sp³-hybridized carbons (Fsp3) is 0.176. The highest BCUT2D eigenvalue weighted by Gasteiger charge is 2.03. The highest BCUT2D eigenvalue weighted by molar-refractivity contribution is 9.10. The van der Waals surface area contributed by atoms with E-state index in [0.717, 1.165) is 21.4 Å². The molecule has 0 heterocycles. The molecule has 0 aliphatic rings. The maximum atomic E-state index is 11.8. The molecule has 7 heteroatoms. The molecule has 0 spiro atoms. The van der Waals surface area contributed by atoms with Crippen molar-refractivity contribution in [3.05, 3.63) is 63.1 Å². The van der Waals surface area contributed by atoms with Crippen LogP contribution in [0.1, 0.15) is 11.1 Å². The van der Waals surface area contributed by atoms with Crippen molar-refractivity contribution >= 4 is 51.4 Å². The summed E-state index contributed by atoms with van der Waals surface area (Å²) in [7, 11) is 1.59. The van der Waals surface area contributed by atoms with E-state index in [4.69, 9.17) is 16.3 Å². The van der Waals surface area contributed by atoms with Crippen molar-refractivity contribution in [1.82, 2.24) is 5.43 Å². The molecule has 1 N–H and O–H groups in total. The van der Waals surface area contributed by atoms with E-state index in [1.165, 1.54) is 11.8 Å². The molecule has 0 aromatic heterocycles. The van der Waals surface area contributed by atoms with E-state index in [1.54, 1.807) is 13.3 Å². The van der Waals surface area contributed by atoms with Crippen LogP contribution in [0.4, 0.5) is 0 Å². The molecule has 0 fully saturated rings. The fourth-order valence-electron chi connectivity index (χ4n) is 1.85. The third-order valence-electron chi connectivity index (χ3n) is 3.00. The quantitative estimate of drug-likeness (QED) is 0.523. The van der Waals surface area contributed by atoms with Crippen LogP contribution in [0.5, 0.6) is 5.75 Å². The lowest BCUT2D eigenvalue weighted by molar-refractivity contribution is -0.118. The first kappa shape index (κ1) is 18.8. The third-order valence-corrected chi connectivity index (χ3v) is 4.75. The van der Waals surface area contributed by atoms with Crippen molar-refractivity contribution in [2.45, 2.75) is 5.75 Å². The summed E-state index contributed by atoms with van der Waals surface area (Å²) in [5.74, 6) is 1.61. The van der Waals surface area contributed by atoms with Gasteiger partial charge >= 0.3 is 0 Å². The zero-order valence-electron chi connectivity index (χ0n) is 13.0. The van der Waals surface area contributed by atoms with Crippen LogP contribution in [0, 0.1) is 0 Å². The summed E-state index contributed by atoms with van der Waals surface area (Å²) in [6, 6.07) is 13.2. The van der Waals surface area contributed by atoms with Gasteiger partial charge in [0, 0.05) is 20.8 Å². The SMILES string of the molecule is COc1ccc(Br)cc1/C=N\NC(=O)CSCc1ccc(Cl)cc1. The second-order valence-electron chi connectivity index (χ2n) is 4.80. The van der Waals surface area contributed by atoms with Gasteiger partial charge in [-0.3, -0.25) is 4.79 Å². The summed E-state index contributed by atoms with van der Waals surface area (Å²) in [5.41, 5.74) is 4.42. The van der Waals surface area contributed by atoms with Crippen LogP contribution in [0.15, 0.2) is 52.0 Å². The maximum absolute atomic E-state index is 11.8. The number of thioether (sulfide) groups is 1. The number of nitrogens with zero attached hydrogens (tertiary/aromatic N) is 1. The van der Waals surface area contributed by atoms with Gasteiger partial charge in [-0.25, -0.2) is 5.43 Å². The molecular weight excluding hydrogens is 412 g/mol. The Labute approximate surface area is 158 Å². The number of ether oxygens (including phenoxy) is 1. The van der Waals surface area contributed by atoms with Crippen LogP contribution in [-0.2, 0) is 10.5 Å². The van der Waals surface area contributed by atoms with E-state index >= 15 is 0 Å². The molecule has 24 heavy (non-hydrogen) atoms. The van der Waals surface area contributed by atoms with Gasteiger partial charge in [-0.15, -0.1) is 11.8 Å². The lowest BCUT2D eigenvalue weighted by Gasteiger charge is -2.05. The van der Waals surface area contributed by atoms with E-state index < -0.39 is 0 Å². The van der Waals surface area contributed by atoms with Crippen molar-refractivity contribution < 1.29 is 9.53 Å². The minimum absolute atomic E-state index is 0.154. The molecule has 2 rings (SSSR count). The number of hydrazone groups is 1. The molecule has 126 valence electrons. The number of halogens is 2. The number of hydrogen-bond acceptors (Lipinski definition) is 4. The first-order chi connectivity index (χ1) is 11.6. The van der Waals surface area contributed by atoms with Crippen molar-refractivity contribution in [2.75, 3.05) is 12.9 Å². The van der Waals surface area contributed by atoms with Crippen LogP contribution in [0.25, 0.3) is 0 Å². The van der Waals surface area contributed by atoms with E-state index in [1.807, 2.05) is 42.5 Å². The van der Waals surface area contributed by atoms with Gasteiger partial charge in [0.15, 0.2) is 0 Å². The van der Waals surface area contributed by atoms with Gasteiger partial charge in [0.2, 0.25) is 5.91 Å². The lowest BCUT2D eigenvalue weighted by atomic mass is 10.2. The highest BCUT2D eigenvalue weighted by atomic mass is 79.9. The standard InChI is InChI=1S/C17H16BrClN2O2S/c1-23-16-7-4-14(18)8-13(16)9-20-21-17(22)11-24-10-12-2-5-15(19)6-3-12/h2-9H,10-11H2,1H3,(H,21,22)/b20-9-. The van der Waals surface area contributed by atoms with E-state index in [0.29, 0.717) is 16.5 Å². The highest BCUT2D eigenvalue weighted by Crippen LogP contribution is 2.21. The normalized spacial score (nSPS) is 10.8. The average molecular weight is 428 g/mol. The Balaban J connectivity index is 1.78. The number of rotatable bonds is 7. The summed E-state index contributed by atoms with van der Waals surface area (Å²) in [6.45, 7) is 0. The Morgan fingerprint density at radius 1 is 1.33 bits per heavy atom. The zero-order valence-corrected chi connectivity index (χ0v) is 16.1. The molecule has 0 atom stereocenters. The van der Waals surface area contributed by atoms with Gasteiger partial charge in [-0.1, -0.05) is 39.7 Å². The second kappa shape index (κ2) is 9.71. The number of carbonyl (C=O) groups excluding carboxylic acids is 1. The molecule has 0 saturated carbocycles. The number of methoxy groups -OCH3 is 1. The Morgan fingerprint density at radius 3 is 2.79 bits per heavy atom. The molecular formula is C17H16BrClN2O2S. The van der Waals surface area contributed by atoms with Crippen LogP contribution < -0.4 is 10.2 Å². The molecule has 0 aliphatic carbocycles. The van der Waals surface area contributed by atoms with Crippen molar-refractivity contribution in [3.8, 4) is 5.75 Å². The Hall–Kier alpha value is -1.50. The van der Waals surface area contributed by atoms with Gasteiger partial charge in [-0.2, -0.15) is 5.10 Å². The summed E-state index contributed by atoms with van der Waals surface area (Å²) < 4.78 is 6.15. The monoisotopic (exact) mass is 426 g/mol. The van der Waals surface area contributed by atoms with Gasteiger partial charge in [0.25, 0.3) is 0 Å². The van der Waals surface area contributed by atoms with Gasteiger partial charge in [0.1, 0.15) is 5.75 Å². The Bertz CT molecular complexity index is 723. The molecule has 0 radical (unpaired) electrons. The van der Waals surface area contributed by atoms with Gasteiger partial charge in [-0.05, 0) is 35.9 Å². The predicted octanol–water partition coefficient (Wildman–Crippen LogP) is 4.49. The maximum Gasteiger partial charge on any atom is 0.250 e.